The Kier molecular flexibility index (Phi) is 7.62. The highest BCUT2D eigenvalue weighted by Gasteiger charge is 2.48. The van der Waals surface area contributed by atoms with Crippen LogP contribution in [-0.2, 0) is 5.41 Å². The van der Waals surface area contributed by atoms with Gasteiger partial charge < -0.3 is 14.4 Å². The highest BCUT2D eigenvalue weighted by atomic mass is 32.1. The molecule has 1 aliphatic heterocycles. The van der Waals surface area contributed by atoms with Crippen molar-refractivity contribution in [2.24, 2.45) is 0 Å². The lowest BCUT2D eigenvalue weighted by Gasteiger charge is -2.34. The van der Waals surface area contributed by atoms with Gasteiger partial charge in [0.25, 0.3) is 0 Å². The van der Waals surface area contributed by atoms with Gasteiger partial charge in [0.1, 0.15) is 0 Å². The van der Waals surface area contributed by atoms with E-state index in [1.807, 2.05) is 11.3 Å². The van der Waals surface area contributed by atoms with Crippen LogP contribution in [0.3, 0.4) is 0 Å². The average Bonchev–Trinajstić information content (AvgIpc) is 3.83. The third kappa shape index (κ3) is 5.13. The van der Waals surface area contributed by atoms with Crippen molar-refractivity contribution in [2.45, 2.75) is 5.41 Å². The zero-order chi connectivity index (χ0) is 38.9. The Hall–Kier alpha value is -7.40. The van der Waals surface area contributed by atoms with Crippen molar-refractivity contribution in [1.29, 1.82) is 0 Å². The van der Waals surface area contributed by atoms with E-state index >= 15 is 0 Å². The van der Waals surface area contributed by atoms with Gasteiger partial charge in [0, 0.05) is 43.1 Å². The average molecular weight is 774 g/mol. The molecule has 0 spiro atoms. The van der Waals surface area contributed by atoms with Gasteiger partial charge in [0.15, 0.2) is 23.0 Å². The minimum atomic E-state index is -0.529. The number of hydrogen-bond acceptors (Lipinski definition) is 4. The summed E-state index contributed by atoms with van der Waals surface area (Å²) >= 11 is 1.83. The minimum absolute atomic E-state index is 0.529. The molecule has 3 nitrogen and oxygen atoms in total. The molecule has 12 rings (SSSR count). The van der Waals surface area contributed by atoms with Crippen molar-refractivity contribution in [3.63, 3.8) is 0 Å². The zero-order valence-electron chi connectivity index (χ0n) is 31.9. The lowest BCUT2D eigenvalue weighted by molar-refractivity contribution is 0.360. The van der Waals surface area contributed by atoms with Crippen molar-refractivity contribution in [3.8, 4) is 45.3 Å². The molecule has 2 heterocycles. The molecule has 0 N–H and O–H groups in total. The van der Waals surface area contributed by atoms with Crippen LogP contribution in [0.15, 0.2) is 212 Å². The van der Waals surface area contributed by atoms with Crippen molar-refractivity contribution < 1.29 is 9.47 Å². The van der Waals surface area contributed by atoms with E-state index in [0.717, 1.165) is 45.1 Å². The lowest BCUT2D eigenvalue weighted by Crippen LogP contribution is -2.28. The van der Waals surface area contributed by atoms with Crippen LogP contribution in [0, 0.1) is 0 Å². The van der Waals surface area contributed by atoms with Gasteiger partial charge in [0.2, 0.25) is 0 Å². The molecule has 0 amide bonds. The Morgan fingerprint density at radius 1 is 0.407 bits per heavy atom. The summed E-state index contributed by atoms with van der Waals surface area (Å²) in [4.78, 5) is 2.35. The van der Waals surface area contributed by atoms with E-state index < -0.39 is 5.41 Å². The van der Waals surface area contributed by atoms with Crippen LogP contribution in [0.4, 0.5) is 17.1 Å². The molecule has 0 saturated carbocycles. The summed E-state index contributed by atoms with van der Waals surface area (Å²) in [6.45, 7) is 0. The topological polar surface area (TPSA) is 21.7 Å². The molecule has 59 heavy (non-hydrogen) atoms. The van der Waals surface area contributed by atoms with E-state index in [2.05, 4.69) is 217 Å². The first-order chi connectivity index (χ1) is 29.3. The molecule has 9 aromatic carbocycles. The number of ether oxygens (including phenoxy) is 2. The summed E-state index contributed by atoms with van der Waals surface area (Å²) < 4.78 is 16.5. The maximum absolute atomic E-state index is 7.03. The van der Waals surface area contributed by atoms with E-state index in [4.69, 9.17) is 9.47 Å². The number of nitrogens with zero attached hydrogens (tertiary/aromatic N) is 1. The van der Waals surface area contributed by atoms with Crippen LogP contribution < -0.4 is 14.4 Å². The number of para-hydroxylation sites is 1. The fraction of sp³-hybridized carbons (Fsp3) is 0.0182. The van der Waals surface area contributed by atoms with Crippen LogP contribution >= 0.6 is 11.3 Å². The second-order valence-corrected chi connectivity index (χ2v) is 16.3. The summed E-state index contributed by atoms with van der Waals surface area (Å²) in [7, 11) is 0. The second-order valence-electron chi connectivity index (χ2n) is 15.2. The Labute approximate surface area is 346 Å². The van der Waals surface area contributed by atoms with Gasteiger partial charge in [-0.15, -0.1) is 11.3 Å². The van der Waals surface area contributed by atoms with Crippen LogP contribution in [-0.4, -0.2) is 0 Å². The van der Waals surface area contributed by atoms with E-state index in [-0.39, 0.29) is 0 Å². The number of hydrogen-bond donors (Lipinski definition) is 0. The van der Waals surface area contributed by atoms with Crippen LogP contribution in [0.5, 0.6) is 23.0 Å². The summed E-state index contributed by atoms with van der Waals surface area (Å²) in [5.41, 5.74) is 11.9. The second kappa shape index (κ2) is 13.3. The first kappa shape index (κ1) is 33.7. The Balaban J connectivity index is 1.02. The van der Waals surface area contributed by atoms with Crippen molar-refractivity contribution >= 4 is 48.6 Å². The monoisotopic (exact) mass is 773 g/mol. The number of fused-ring (bicyclic) bond motifs is 9. The molecule has 0 unspecified atom stereocenters. The fourth-order valence-electron chi connectivity index (χ4n) is 9.50. The largest absolute Gasteiger partial charge is 0.449 e. The van der Waals surface area contributed by atoms with Gasteiger partial charge in [-0.1, -0.05) is 158 Å². The molecule has 0 bridgehead atoms. The van der Waals surface area contributed by atoms with Crippen LogP contribution in [0.2, 0.25) is 0 Å². The van der Waals surface area contributed by atoms with Gasteiger partial charge in [-0.2, -0.15) is 0 Å². The first-order valence-electron chi connectivity index (χ1n) is 20.0. The molecule has 278 valence electrons. The van der Waals surface area contributed by atoms with E-state index in [0.29, 0.717) is 17.2 Å². The van der Waals surface area contributed by atoms with E-state index in [1.165, 1.54) is 42.4 Å². The van der Waals surface area contributed by atoms with Crippen molar-refractivity contribution in [2.75, 3.05) is 4.90 Å². The highest BCUT2D eigenvalue weighted by molar-refractivity contribution is 7.25. The predicted octanol–water partition coefficient (Wildman–Crippen LogP) is 15.5. The van der Waals surface area contributed by atoms with Gasteiger partial charge in [-0.25, -0.2) is 0 Å². The Morgan fingerprint density at radius 3 is 1.81 bits per heavy atom. The quantitative estimate of drug-likeness (QED) is 0.168. The van der Waals surface area contributed by atoms with Crippen LogP contribution in [0.25, 0.3) is 42.4 Å². The molecular formula is C55H35NO2S. The maximum atomic E-state index is 7.03. The van der Waals surface area contributed by atoms with Gasteiger partial charge in [-0.05, 0) is 81.9 Å². The van der Waals surface area contributed by atoms with Crippen LogP contribution in [0.1, 0.15) is 22.3 Å². The molecular weight excluding hydrogens is 739 g/mol. The molecule has 2 aliphatic rings. The molecule has 0 radical (unpaired) electrons. The first-order valence-corrected chi connectivity index (χ1v) is 20.8. The summed E-state index contributed by atoms with van der Waals surface area (Å²) in [6.07, 6.45) is 0. The third-order valence-corrected chi connectivity index (χ3v) is 13.2. The summed E-state index contributed by atoms with van der Waals surface area (Å²) in [5, 5.41) is 2.51. The van der Waals surface area contributed by atoms with Crippen molar-refractivity contribution in [3.05, 3.63) is 235 Å². The number of rotatable bonds is 6. The van der Waals surface area contributed by atoms with Gasteiger partial charge in [0.05, 0.1) is 16.8 Å². The Morgan fingerprint density at radius 2 is 1.02 bits per heavy atom. The molecule has 0 atom stereocenters. The number of thiophene rings is 1. The van der Waals surface area contributed by atoms with E-state index in [9.17, 15) is 0 Å². The van der Waals surface area contributed by atoms with Crippen molar-refractivity contribution in [1.82, 2.24) is 0 Å². The normalized spacial score (nSPS) is 13.2. The highest BCUT2D eigenvalue weighted by Crippen LogP contribution is 2.62. The Bertz CT molecular complexity index is 3190. The minimum Gasteiger partial charge on any atom is -0.449 e. The molecule has 1 aliphatic carbocycles. The zero-order valence-corrected chi connectivity index (χ0v) is 32.7. The third-order valence-electron chi connectivity index (χ3n) is 12.0. The molecule has 1 aromatic heterocycles. The summed E-state index contributed by atoms with van der Waals surface area (Å²) in [5.74, 6) is 2.79. The molecule has 0 saturated heterocycles. The molecule has 10 aromatic rings. The smallest absolute Gasteiger partial charge is 0.178 e. The van der Waals surface area contributed by atoms with Gasteiger partial charge in [-0.3, -0.25) is 0 Å². The number of benzene rings is 9. The standard InChI is InChI=1S/C55H35NO2S/c1-4-16-36(17-5-1)41-22-11-14-26-47(41)56(39-29-33-52-44(34-39)42-23-12-15-27-51(42)59-52)40-28-31-48-50(35-40)57-49-32-30-46-53(54(49)58-48)43-24-10-13-25-45(43)55(46,37-18-6-2-7-19-37)38-20-8-3-9-21-38/h1-35H. The van der Waals surface area contributed by atoms with E-state index in [1.54, 1.807) is 0 Å². The lowest BCUT2D eigenvalue weighted by atomic mass is 9.68. The summed E-state index contributed by atoms with van der Waals surface area (Å²) in [6, 6.07) is 75.8. The maximum Gasteiger partial charge on any atom is 0.178 e. The predicted molar refractivity (Wildman–Crippen MR) is 243 cm³/mol. The molecule has 0 fully saturated rings. The SMILES string of the molecule is c1ccc(-c2ccccc2N(c2ccc3c(c2)Oc2ccc4c(c2O3)-c2ccccc2C4(c2ccccc2)c2ccccc2)c2ccc3sc4ccccc4c3c2)cc1. The van der Waals surface area contributed by atoms with Gasteiger partial charge >= 0.3 is 0 Å². The fourth-order valence-corrected chi connectivity index (χ4v) is 10.6. The molecule has 4 heteroatoms. The number of anilines is 3.